The molecule has 0 aliphatic carbocycles. The number of hydrogen-bond donors (Lipinski definition) is 3. The number of carbonyl (C=O) groups is 2. The lowest BCUT2D eigenvalue weighted by Crippen LogP contribution is -2.45. The molecule has 0 saturated heterocycles. The van der Waals surface area contributed by atoms with Crippen molar-refractivity contribution in [3.8, 4) is 0 Å². The van der Waals surface area contributed by atoms with Crippen molar-refractivity contribution in [2.75, 3.05) is 13.2 Å². The largest absolute Gasteiger partial charge is 0.466 e. The number of aliphatic hydroxyl groups excluding tert-OH is 2. The molecule has 0 fully saturated rings. The molecule has 0 aromatic carbocycles. The van der Waals surface area contributed by atoms with Crippen molar-refractivity contribution in [3.05, 3.63) is 36.5 Å². The fraction of sp³-hybridized carbons (Fsp3) is 0.871. The van der Waals surface area contributed by atoms with Gasteiger partial charge in [-0.05, 0) is 64.2 Å². The van der Waals surface area contributed by atoms with Gasteiger partial charge in [-0.1, -0.05) is 281 Å². The number of amides is 1. The average Bonchev–Trinajstić information content (AvgIpc) is 3.34. The standard InChI is InChI=1S/C62H117NO5/c1-3-5-7-9-11-13-15-17-19-23-28-32-36-40-44-48-52-56-62(67)68-57-53-49-45-41-37-33-29-25-22-20-21-24-27-31-35-39-43-47-51-55-61(66)63-59(58-64)60(65)54-50-46-42-38-34-30-26-18-16-14-12-10-8-6-4-2/h25,29,33,37,50,54,59-60,64-65H,3-24,26-28,30-32,34-36,38-49,51-53,55-58H2,1-2H3,(H,63,66)/b29-25-,37-33-,54-50+. The summed E-state index contributed by atoms with van der Waals surface area (Å²) < 4.78 is 5.47. The Kier molecular flexibility index (Phi) is 56.0. The van der Waals surface area contributed by atoms with E-state index in [0.29, 0.717) is 19.4 Å². The van der Waals surface area contributed by atoms with Crippen molar-refractivity contribution in [1.82, 2.24) is 5.32 Å². The number of allylic oxidation sites excluding steroid dienone is 5. The van der Waals surface area contributed by atoms with Crippen LogP contribution in [0, 0.1) is 0 Å². The van der Waals surface area contributed by atoms with E-state index in [1.165, 1.54) is 218 Å². The maximum absolute atomic E-state index is 12.5. The van der Waals surface area contributed by atoms with Gasteiger partial charge >= 0.3 is 5.97 Å². The summed E-state index contributed by atoms with van der Waals surface area (Å²) in [5, 5.41) is 23.1. The fourth-order valence-corrected chi connectivity index (χ4v) is 9.27. The number of rotatable bonds is 56. The Morgan fingerprint density at radius 2 is 0.721 bits per heavy atom. The van der Waals surface area contributed by atoms with Crippen molar-refractivity contribution in [2.45, 2.75) is 334 Å². The monoisotopic (exact) mass is 956 g/mol. The number of ether oxygens (including phenoxy) is 1. The van der Waals surface area contributed by atoms with E-state index in [1.54, 1.807) is 6.08 Å². The third-order valence-corrected chi connectivity index (χ3v) is 13.9. The minimum absolute atomic E-state index is 0.0102. The Hall–Kier alpha value is -1.92. The smallest absolute Gasteiger partial charge is 0.305 e. The number of hydrogen-bond acceptors (Lipinski definition) is 5. The third-order valence-electron chi connectivity index (χ3n) is 13.9. The molecule has 0 aromatic rings. The fourth-order valence-electron chi connectivity index (χ4n) is 9.27. The van der Waals surface area contributed by atoms with Crippen LogP contribution < -0.4 is 5.32 Å². The van der Waals surface area contributed by atoms with Gasteiger partial charge in [0.25, 0.3) is 0 Å². The molecular formula is C62H117NO5. The summed E-state index contributed by atoms with van der Waals surface area (Å²) in [5.41, 5.74) is 0. The van der Waals surface area contributed by atoms with Gasteiger partial charge in [-0.3, -0.25) is 9.59 Å². The number of carbonyl (C=O) groups excluding carboxylic acids is 2. The van der Waals surface area contributed by atoms with E-state index in [2.05, 4.69) is 43.5 Å². The predicted molar refractivity (Wildman–Crippen MR) is 296 cm³/mol. The number of unbranched alkanes of at least 4 members (excludes halogenated alkanes) is 42. The summed E-state index contributed by atoms with van der Waals surface area (Å²) in [6, 6.07) is -0.635. The summed E-state index contributed by atoms with van der Waals surface area (Å²) in [5.74, 6) is -0.0871. The molecule has 2 unspecified atom stereocenters. The van der Waals surface area contributed by atoms with Crippen molar-refractivity contribution in [1.29, 1.82) is 0 Å². The summed E-state index contributed by atoms with van der Waals surface area (Å²) in [7, 11) is 0. The van der Waals surface area contributed by atoms with Crippen LogP contribution in [0.5, 0.6) is 0 Å². The Morgan fingerprint density at radius 3 is 1.09 bits per heavy atom. The first-order valence-corrected chi connectivity index (χ1v) is 30.3. The van der Waals surface area contributed by atoms with Crippen molar-refractivity contribution >= 4 is 11.9 Å². The molecule has 0 rings (SSSR count). The highest BCUT2D eigenvalue weighted by Crippen LogP contribution is 2.17. The Labute approximate surface area is 424 Å². The van der Waals surface area contributed by atoms with Gasteiger partial charge in [0, 0.05) is 12.8 Å². The number of aliphatic hydroxyl groups is 2. The number of esters is 1. The first-order chi connectivity index (χ1) is 33.5. The molecule has 0 aliphatic rings. The van der Waals surface area contributed by atoms with E-state index in [9.17, 15) is 19.8 Å². The van der Waals surface area contributed by atoms with Gasteiger partial charge in [0.05, 0.1) is 25.4 Å². The van der Waals surface area contributed by atoms with E-state index in [1.807, 2.05) is 6.08 Å². The highest BCUT2D eigenvalue weighted by molar-refractivity contribution is 5.76. The van der Waals surface area contributed by atoms with Crippen molar-refractivity contribution < 1.29 is 24.5 Å². The zero-order valence-electron chi connectivity index (χ0n) is 45.6. The zero-order valence-corrected chi connectivity index (χ0v) is 45.6. The first-order valence-electron chi connectivity index (χ1n) is 30.3. The van der Waals surface area contributed by atoms with Gasteiger partial charge in [0.2, 0.25) is 5.91 Å². The van der Waals surface area contributed by atoms with Crippen LogP contribution in [-0.2, 0) is 14.3 Å². The summed E-state index contributed by atoms with van der Waals surface area (Å²) in [6.07, 6.45) is 71.8. The Balaban J connectivity index is 3.48. The molecule has 0 aromatic heterocycles. The Bertz CT molecular complexity index is 1100. The molecule has 6 heteroatoms. The van der Waals surface area contributed by atoms with Crippen LogP contribution in [0.25, 0.3) is 0 Å². The molecule has 68 heavy (non-hydrogen) atoms. The maximum atomic E-state index is 12.5. The molecular weight excluding hydrogens is 839 g/mol. The molecule has 0 bridgehead atoms. The van der Waals surface area contributed by atoms with E-state index in [4.69, 9.17) is 4.74 Å². The van der Waals surface area contributed by atoms with Crippen LogP contribution in [0.3, 0.4) is 0 Å². The molecule has 3 N–H and O–H groups in total. The highest BCUT2D eigenvalue weighted by Gasteiger charge is 2.18. The highest BCUT2D eigenvalue weighted by atomic mass is 16.5. The topological polar surface area (TPSA) is 95.9 Å². The minimum atomic E-state index is -0.851. The molecule has 0 aliphatic heterocycles. The predicted octanol–water partition coefficient (Wildman–Crippen LogP) is 18.8. The van der Waals surface area contributed by atoms with Gasteiger partial charge in [-0.25, -0.2) is 0 Å². The maximum Gasteiger partial charge on any atom is 0.305 e. The lowest BCUT2D eigenvalue weighted by molar-refractivity contribution is -0.143. The first kappa shape index (κ1) is 66.1. The van der Waals surface area contributed by atoms with E-state index in [0.717, 1.165) is 77.0 Å². The third kappa shape index (κ3) is 53.4. The molecule has 1 amide bonds. The zero-order chi connectivity index (χ0) is 49.3. The summed E-state index contributed by atoms with van der Waals surface area (Å²) >= 11 is 0. The van der Waals surface area contributed by atoms with Gasteiger partial charge in [-0.2, -0.15) is 0 Å². The normalized spacial score (nSPS) is 12.8. The van der Waals surface area contributed by atoms with Gasteiger partial charge in [-0.15, -0.1) is 0 Å². The number of nitrogens with one attached hydrogen (secondary N) is 1. The van der Waals surface area contributed by atoms with Crippen LogP contribution in [0.1, 0.15) is 322 Å². The summed E-state index contributed by atoms with van der Waals surface area (Å²) in [4.78, 5) is 24.5. The van der Waals surface area contributed by atoms with Gasteiger partial charge in [0.1, 0.15) is 0 Å². The van der Waals surface area contributed by atoms with E-state index >= 15 is 0 Å². The van der Waals surface area contributed by atoms with Crippen LogP contribution in [-0.4, -0.2) is 47.4 Å². The lowest BCUT2D eigenvalue weighted by atomic mass is 10.0. The van der Waals surface area contributed by atoms with Crippen LogP contribution in [0.2, 0.25) is 0 Å². The SMILES string of the molecule is CCCCCCCCCCCCCCC/C=C/C(O)C(CO)NC(=O)CCCCCCCCCCCC/C=C\C=C/CCCCCOC(=O)CCCCCCCCCCCCCCCCCCC. The molecule has 2 atom stereocenters. The van der Waals surface area contributed by atoms with E-state index in [-0.39, 0.29) is 18.5 Å². The van der Waals surface area contributed by atoms with Crippen LogP contribution in [0.4, 0.5) is 0 Å². The molecule has 0 radical (unpaired) electrons. The quantitative estimate of drug-likeness (QED) is 0.0244. The summed E-state index contributed by atoms with van der Waals surface area (Å²) in [6.45, 7) is 4.88. The van der Waals surface area contributed by atoms with E-state index < -0.39 is 12.1 Å². The molecule has 0 spiro atoms. The molecule has 0 saturated carbocycles. The van der Waals surface area contributed by atoms with Crippen molar-refractivity contribution in [2.24, 2.45) is 0 Å². The van der Waals surface area contributed by atoms with Gasteiger partial charge in [0.15, 0.2) is 0 Å². The second-order valence-electron chi connectivity index (χ2n) is 20.7. The molecule has 400 valence electrons. The Morgan fingerprint density at radius 1 is 0.412 bits per heavy atom. The molecule has 6 nitrogen and oxygen atoms in total. The van der Waals surface area contributed by atoms with Crippen molar-refractivity contribution in [3.63, 3.8) is 0 Å². The lowest BCUT2D eigenvalue weighted by Gasteiger charge is -2.20. The molecule has 0 heterocycles. The second-order valence-corrected chi connectivity index (χ2v) is 20.7. The van der Waals surface area contributed by atoms with Gasteiger partial charge < -0.3 is 20.3 Å². The van der Waals surface area contributed by atoms with Crippen LogP contribution in [0.15, 0.2) is 36.5 Å². The average molecular weight is 957 g/mol. The van der Waals surface area contributed by atoms with Crippen LogP contribution >= 0.6 is 0 Å². The minimum Gasteiger partial charge on any atom is -0.466 e. The second kappa shape index (κ2) is 57.7.